The fraction of sp³-hybridized carbons (Fsp3) is 0.571. The Balaban J connectivity index is 2.02. The minimum absolute atomic E-state index is 0.176. The van der Waals surface area contributed by atoms with Gasteiger partial charge >= 0.3 is 0 Å². The first-order chi connectivity index (χ1) is 7.65. The summed E-state index contributed by atoms with van der Waals surface area (Å²) in [6.45, 7) is 4.16. The maximum Gasteiger partial charge on any atom is 0.122 e. The van der Waals surface area contributed by atoms with E-state index in [-0.39, 0.29) is 12.2 Å². The van der Waals surface area contributed by atoms with Gasteiger partial charge in [0.05, 0.1) is 6.10 Å². The third kappa shape index (κ3) is 2.76. The molecule has 0 spiro atoms. The van der Waals surface area contributed by atoms with E-state index in [9.17, 15) is 5.11 Å². The van der Waals surface area contributed by atoms with Gasteiger partial charge in [0.15, 0.2) is 0 Å². The zero-order valence-electron chi connectivity index (χ0n) is 10.1. The second-order valence-corrected chi connectivity index (χ2v) is 4.83. The SMILES string of the molecule is Cc1ccc(OC2CCCC(O)C2)c(C)c1. The fourth-order valence-electron chi connectivity index (χ4n) is 2.34. The van der Waals surface area contributed by atoms with Gasteiger partial charge in [-0.3, -0.25) is 0 Å². The van der Waals surface area contributed by atoms with Crippen molar-refractivity contribution in [2.75, 3.05) is 0 Å². The lowest BCUT2D eigenvalue weighted by molar-refractivity contribution is 0.0533. The van der Waals surface area contributed by atoms with Gasteiger partial charge in [-0.15, -0.1) is 0 Å². The average molecular weight is 220 g/mol. The molecule has 0 aromatic heterocycles. The Labute approximate surface area is 97.3 Å². The Morgan fingerprint density at radius 3 is 2.75 bits per heavy atom. The van der Waals surface area contributed by atoms with Crippen LogP contribution in [0.1, 0.15) is 36.8 Å². The van der Waals surface area contributed by atoms with Crippen molar-refractivity contribution in [2.24, 2.45) is 0 Å². The molecule has 0 heterocycles. The molecule has 1 aromatic rings. The maximum absolute atomic E-state index is 9.59. The van der Waals surface area contributed by atoms with Crippen molar-refractivity contribution in [2.45, 2.75) is 51.7 Å². The summed E-state index contributed by atoms with van der Waals surface area (Å²) in [6, 6.07) is 6.24. The molecule has 1 fully saturated rings. The Bertz CT molecular complexity index is 360. The number of hydrogen-bond acceptors (Lipinski definition) is 2. The van der Waals surface area contributed by atoms with Gasteiger partial charge in [0.25, 0.3) is 0 Å². The van der Waals surface area contributed by atoms with E-state index < -0.39 is 0 Å². The molecular weight excluding hydrogens is 200 g/mol. The van der Waals surface area contributed by atoms with Gasteiger partial charge in [-0.05, 0) is 44.7 Å². The highest BCUT2D eigenvalue weighted by atomic mass is 16.5. The van der Waals surface area contributed by atoms with Crippen LogP contribution in [-0.2, 0) is 0 Å². The van der Waals surface area contributed by atoms with Crippen molar-refractivity contribution in [3.05, 3.63) is 29.3 Å². The fourth-order valence-corrected chi connectivity index (χ4v) is 2.34. The van der Waals surface area contributed by atoms with E-state index in [0.29, 0.717) is 0 Å². The molecule has 88 valence electrons. The Hall–Kier alpha value is -1.02. The molecule has 16 heavy (non-hydrogen) atoms. The lowest BCUT2D eigenvalue weighted by atomic mass is 9.95. The smallest absolute Gasteiger partial charge is 0.122 e. The van der Waals surface area contributed by atoms with Crippen LogP contribution in [0.5, 0.6) is 5.75 Å². The minimum atomic E-state index is -0.176. The number of rotatable bonds is 2. The molecule has 1 N–H and O–H groups in total. The van der Waals surface area contributed by atoms with Crippen LogP contribution >= 0.6 is 0 Å². The first kappa shape index (κ1) is 11.5. The number of ether oxygens (including phenoxy) is 1. The molecule has 2 atom stereocenters. The topological polar surface area (TPSA) is 29.5 Å². The van der Waals surface area contributed by atoms with Gasteiger partial charge in [0, 0.05) is 6.42 Å². The molecule has 1 saturated carbocycles. The van der Waals surface area contributed by atoms with E-state index >= 15 is 0 Å². The second-order valence-electron chi connectivity index (χ2n) is 4.83. The lowest BCUT2D eigenvalue weighted by Crippen LogP contribution is -2.28. The summed E-state index contributed by atoms with van der Waals surface area (Å²) in [5, 5.41) is 9.59. The molecule has 2 nitrogen and oxygen atoms in total. The third-order valence-corrected chi connectivity index (χ3v) is 3.22. The van der Waals surface area contributed by atoms with Crippen LogP contribution < -0.4 is 4.74 Å². The van der Waals surface area contributed by atoms with Crippen molar-refractivity contribution in [3.63, 3.8) is 0 Å². The Morgan fingerprint density at radius 1 is 1.25 bits per heavy atom. The molecule has 0 amide bonds. The summed E-state index contributed by atoms with van der Waals surface area (Å²) < 4.78 is 5.95. The summed E-state index contributed by atoms with van der Waals surface area (Å²) in [5.41, 5.74) is 2.44. The molecule has 1 aliphatic carbocycles. The summed E-state index contributed by atoms with van der Waals surface area (Å²) in [7, 11) is 0. The van der Waals surface area contributed by atoms with E-state index in [4.69, 9.17) is 4.74 Å². The maximum atomic E-state index is 9.59. The van der Waals surface area contributed by atoms with Gasteiger partial charge in [0.2, 0.25) is 0 Å². The average Bonchev–Trinajstić information content (AvgIpc) is 2.22. The number of benzene rings is 1. The Kier molecular flexibility index (Phi) is 3.49. The molecule has 2 rings (SSSR count). The van der Waals surface area contributed by atoms with Crippen LogP contribution in [0.2, 0.25) is 0 Å². The molecule has 0 radical (unpaired) electrons. The van der Waals surface area contributed by atoms with Gasteiger partial charge in [-0.1, -0.05) is 17.7 Å². The molecule has 0 bridgehead atoms. The third-order valence-electron chi connectivity index (χ3n) is 3.22. The quantitative estimate of drug-likeness (QED) is 0.830. The van der Waals surface area contributed by atoms with E-state index in [1.54, 1.807) is 0 Å². The van der Waals surface area contributed by atoms with Crippen molar-refractivity contribution in [3.8, 4) is 5.75 Å². The molecular formula is C14H20O2. The van der Waals surface area contributed by atoms with Crippen LogP contribution in [0.15, 0.2) is 18.2 Å². The van der Waals surface area contributed by atoms with Crippen LogP contribution in [0.3, 0.4) is 0 Å². The predicted molar refractivity (Wildman–Crippen MR) is 64.8 cm³/mol. The lowest BCUT2D eigenvalue weighted by Gasteiger charge is -2.27. The monoisotopic (exact) mass is 220 g/mol. The summed E-state index contributed by atoms with van der Waals surface area (Å²) in [6.07, 6.45) is 3.83. The second kappa shape index (κ2) is 4.88. The Morgan fingerprint density at radius 2 is 2.06 bits per heavy atom. The van der Waals surface area contributed by atoms with Crippen molar-refractivity contribution >= 4 is 0 Å². The van der Waals surface area contributed by atoms with Gasteiger partial charge in [0.1, 0.15) is 11.9 Å². The first-order valence-corrected chi connectivity index (χ1v) is 6.07. The van der Waals surface area contributed by atoms with Gasteiger partial charge in [-0.2, -0.15) is 0 Å². The summed E-state index contributed by atoms with van der Waals surface area (Å²) in [4.78, 5) is 0. The highest BCUT2D eigenvalue weighted by molar-refractivity contribution is 5.35. The summed E-state index contributed by atoms with van der Waals surface area (Å²) in [5.74, 6) is 0.963. The number of hydrogen-bond donors (Lipinski definition) is 1. The normalized spacial score (nSPS) is 25.4. The largest absolute Gasteiger partial charge is 0.490 e. The van der Waals surface area contributed by atoms with Crippen molar-refractivity contribution < 1.29 is 9.84 Å². The van der Waals surface area contributed by atoms with E-state index in [2.05, 4.69) is 26.0 Å². The minimum Gasteiger partial charge on any atom is -0.490 e. The van der Waals surface area contributed by atoms with Crippen LogP contribution in [-0.4, -0.2) is 17.3 Å². The van der Waals surface area contributed by atoms with Gasteiger partial charge in [-0.25, -0.2) is 0 Å². The van der Waals surface area contributed by atoms with Crippen LogP contribution in [0.25, 0.3) is 0 Å². The molecule has 2 heteroatoms. The zero-order valence-corrected chi connectivity index (χ0v) is 10.1. The van der Waals surface area contributed by atoms with E-state index in [1.165, 1.54) is 11.1 Å². The zero-order chi connectivity index (χ0) is 11.5. The van der Waals surface area contributed by atoms with E-state index in [1.807, 2.05) is 6.07 Å². The summed E-state index contributed by atoms with van der Waals surface area (Å²) >= 11 is 0. The van der Waals surface area contributed by atoms with Crippen LogP contribution in [0.4, 0.5) is 0 Å². The molecule has 1 aliphatic rings. The molecule has 0 saturated heterocycles. The number of aliphatic hydroxyl groups excluding tert-OH is 1. The van der Waals surface area contributed by atoms with Gasteiger partial charge < -0.3 is 9.84 Å². The predicted octanol–water partition coefficient (Wildman–Crippen LogP) is 2.99. The molecule has 0 aliphatic heterocycles. The highest BCUT2D eigenvalue weighted by Crippen LogP contribution is 2.26. The standard InChI is InChI=1S/C14H20O2/c1-10-6-7-14(11(2)8-10)16-13-5-3-4-12(15)9-13/h6-8,12-13,15H,3-5,9H2,1-2H3. The molecule has 1 aromatic carbocycles. The highest BCUT2D eigenvalue weighted by Gasteiger charge is 2.21. The molecule has 2 unspecified atom stereocenters. The first-order valence-electron chi connectivity index (χ1n) is 6.07. The van der Waals surface area contributed by atoms with Crippen LogP contribution in [0, 0.1) is 13.8 Å². The van der Waals surface area contributed by atoms with Crippen molar-refractivity contribution in [1.29, 1.82) is 0 Å². The number of aliphatic hydroxyl groups is 1. The van der Waals surface area contributed by atoms with E-state index in [0.717, 1.165) is 31.4 Å². The van der Waals surface area contributed by atoms with Crippen molar-refractivity contribution in [1.82, 2.24) is 0 Å². The number of aryl methyl sites for hydroxylation is 2.